The number of nitrogens with two attached hydrogens (primary N) is 1. The maximum absolute atomic E-state index is 15.6. The zero-order valence-electron chi connectivity index (χ0n) is 24.9. The van der Waals surface area contributed by atoms with Gasteiger partial charge in [-0.1, -0.05) is 13.8 Å². The molecule has 0 radical (unpaired) electrons. The van der Waals surface area contributed by atoms with Crippen molar-refractivity contribution in [2.45, 2.75) is 96.5 Å². The fraction of sp³-hybridized carbons (Fsp3) is 0.625. The first-order valence-electron chi connectivity index (χ1n) is 15.4. The molecule has 0 spiro atoms. The second-order valence-corrected chi connectivity index (χ2v) is 13.4. The molecular weight excluding hydrogens is 561 g/mol. The number of anilines is 1. The molecule has 0 bridgehead atoms. The van der Waals surface area contributed by atoms with E-state index in [0.29, 0.717) is 69.2 Å². The Balaban J connectivity index is 1.16. The Morgan fingerprint density at radius 3 is 2.51 bits per heavy atom. The van der Waals surface area contributed by atoms with Crippen LogP contribution in [0.4, 0.5) is 18.9 Å². The average molecular weight is 603 g/mol. The zero-order valence-corrected chi connectivity index (χ0v) is 24.9. The van der Waals surface area contributed by atoms with Gasteiger partial charge in [-0.25, -0.2) is 13.2 Å². The number of fused-ring (bicyclic) bond motifs is 3. The molecule has 3 N–H and O–H groups in total. The van der Waals surface area contributed by atoms with E-state index in [4.69, 9.17) is 15.2 Å². The number of nitrogens with zero attached hydrogens (tertiary/aromatic N) is 2. The van der Waals surface area contributed by atoms with Gasteiger partial charge in [-0.05, 0) is 49.7 Å². The van der Waals surface area contributed by atoms with E-state index in [9.17, 15) is 18.4 Å². The lowest BCUT2D eigenvalue weighted by molar-refractivity contribution is -0.0625. The molecule has 43 heavy (non-hydrogen) atoms. The summed E-state index contributed by atoms with van der Waals surface area (Å²) in [5, 5.41) is 3.40. The Hall–Kier alpha value is -2.89. The Bertz CT molecular complexity index is 1400. The van der Waals surface area contributed by atoms with Crippen LogP contribution in [-0.4, -0.2) is 65.5 Å². The number of hydrogen-bond acceptors (Lipinski definition) is 6. The van der Waals surface area contributed by atoms with E-state index in [2.05, 4.69) is 19.2 Å². The van der Waals surface area contributed by atoms with E-state index < -0.39 is 17.6 Å². The topological polar surface area (TPSA) is 98.8 Å². The Labute approximate surface area is 250 Å². The predicted octanol–water partition coefficient (Wildman–Crippen LogP) is 5.37. The number of hydrogen-bond donors (Lipinski definition) is 2. The van der Waals surface area contributed by atoms with Crippen molar-refractivity contribution in [3.8, 4) is 5.69 Å². The Kier molecular flexibility index (Phi) is 8.10. The highest BCUT2D eigenvalue weighted by Gasteiger charge is 2.39. The molecular formula is C32H41F3N4O4. The van der Waals surface area contributed by atoms with Crippen molar-refractivity contribution in [3.05, 3.63) is 46.0 Å². The molecule has 0 unspecified atom stereocenters. The molecule has 3 heterocycles. The minimum atomic E-state index is -2.55. The first-order chi connectivity index (χ1) is 20.4. The summed E-state index contributed by atoms with van der Waals surface area (Å²) in [5.41, 5.74) is 9.38. The molecule has 4 aliphatic rings. The Morgan fingerprint density at radius 1 is 1.09 bits per heavy atom. The van der Waals surface area contributed by atoms with Gasteiger partial charge in [0.05, 0.1) is 48.6 Å². The highest BCUT2D eigenvalue weighted by atomic mass is 19.3. The number of alkyl halides is 2. The van der Waals surface area contributed by atoms with Crippen LogP contribution in [0.25, 0.3) is 5.69 Å². The van der Waals surface area contributed by atoms with Gasteiger partial charge < -0.3 is 30.0 Å². The van der Waals surface area contributed by atoms with Crippen molar-refractivity contribution >= 4 is 17.4 Å². The van der Waals surface area contributed by atoms with Gasteiger partial charge >= 0.3 is 0 Å². The standard InChI is InChI=1S/C32H41F3N4O4/c1-31(2)15-25-28(27(40)16-31)22-17-42-18-26(22)39(25)20-13-23(33)29(30(36)41)24(14-20)37-19-3-5-21(6-4-19)43-12-11-38-9-7-32(34,35)8-10-38/h13-14,19,21,37H,3-12,15-18H2,1-2H3,(H2,36,41). The number of ether oxygens (including phenoxy) is 2. The van der Waals surface area contributed by atoms with Gasteiger partial charge in [-0.15, -0.1) is 0 Å². The highest BCUT2D eigenvalue weighted by Crippen LogP contribution is 2.43. The third-order valence-corrected chi connectivity index (χ3v) is 9.49. The van der Waals surface area contributed by atoms with Crippen LogP contribution in [0.2, 0.25) is 0 Å². The molecule has 2 fully saturated rings. The second-order valence-electron chi connectivity index (χ2n) is 13.4. The number of aromatic nitrogens is 1. The molecule has 234 valence electrons. The third kappa shape index (κ3) is 6.21. The lowest BCUT2D eigenvalue weighted by Crippen LogP contribution is -2.41. The van der Waals surface area contributed by atoms with Gasteiger partial charge in [-0.3, -0.25) is 9.59 Å². The van der Waals surface area contributed by atoms with Crippen molar-refractivity contribution in [2.75, 3.05) is 31.6 Å². The molecule has 2 aromatic rings. The summed E-state index contributed by atoms with van der Waals surface area (Å²) in [7, 11) is 0. The minimum Gasteiger partial charge on any atom is -0.382 e. The summed E-state index contributed by atoms with van der Waals surface area (Å²) < 4.78 is 56.1. The predicted molar refractivity (Wildman–Crippen MR) is 155 cm³/mol. The van der Waals surface area contributed by atoms with Crippen LogP contribution >= 0.6 is 0 Å². The highest BCUT2D eigenvalue weighted by molar-refractivity contribution is 6.01. The van der Waals surface area contributed by atoms with Crippen LogP contribution in [0.3, 0.4) is 0 Å². The fourth-order valence-electron chi connectivity index (χ4n) is 7.26. The number of likely N-dealkylation sites (tertiary alicyclic amines) is 1. The van der Waals surface area contributed by atoms with Crippen LogP contribution in [0.5, 0.6) is 0 Å². The smallest absolute Gasteiger partial charge is 0.253 e. The molecule has 0 atom stereocenters. The molecule has 1 amide bonds. The van der Waals surface area contributed by atoms with Gasteiger partial charge in [-0.2, -0.15) is 0 Å². The quantitative estimate of drug-likeness (QED) is 0.422. The molecule has 1 aromatic heterocycles. The van der Waals surface area contributed by atoms with Crippen LogP contribution in [0.1, 0.15) is 96.5 Å². The molecule has 8 nitrogen and oxygen atoms in total. The van der Waals surface area contributed by atoms with E-state index in [1.807, 2.05) is 9.47 Å². The third-order valence-electron chi connectivity index (χ3n) is 9.49. The summed E-state index contributed by atoms with van der Waals surface area (Å²) in [6, 6.07) is 3.08. The summed E-state index contributed by atoms with van der Waals surface area (Å²) in [4.78, 5) is 27.6. The fourth-order valence-corrected chi connectivity index (χ4v) is 7.26. The number of carbonyl (C=O) groups is 2. The minimum absolute atomic E-state index is 0.00920. The van der Waals surface area contributed by atoms with E-state index >= 15 is 4.39 Å². The lowest BCUT2D eigenvalue weighted by atomic mass is 9.75. The van der Waals surface area contributed by atoms with Crippen LogP contribution in [-0.2, 0) is 29.1 Å². The molecule has 11 heteroatoms. The first-order valence-corrected chi connectivity index (χ1v) is 15.4. The van der Waals surface area contributed by atoms with Crippen LogP contribution in [0, 0.1) is 11.2 Å². The number of piperidine rings is 1. The largest absolute Gasteiger partial charge is 0.382 e. The maximum atomic E-state index is 15.6. The molecule has 2 aliphatic carbocycles. The van der Waals surface area contributed by atoms with Crippen molar-refractivity contribution in [1.82, 2.24) is 9.47 Å². The molecule has 1 saturated carbocycles. The average Bonchev–Trinajstić information content (AvgIpc) is 3.49. The SMILES string of the molecule is CC1(C)CC(=O)c2c3c(n(-c4cc(F)c(C(N)=O)c(NC5CCC(OCCN6CCC(F)(F)CC6)CC5)c4)c2C1)COC3. The van der Waals surface area contributed by atoms with Gasteiger partial charge in [0.1, 0.15) is 5.82 Å². The summed E-state index contributed by atoms with van der Waals surface area (Å²) in [5.74, 6) is -4.03. The van der Waals surface area contributed by atoms with Gasteiger partial charge in [0.2, 0.25) is 0 Å². The van der Waals surface area contributed by atoms with Gasteiger partial charge in [0.15, 0.2) is 5.78 Å². The number of ketones is 1. The maximum Gasteiger partial charge on any atom is 0.253 e. The van der Waals surface area contributed by atoms with Crippen molar-refractivity contribution in [3.63, 3.8) is 0 Å². The van der Waals surface area contributed by atoms with E-state index in [1.54, 1.807) is 6.07 Å². The number of primary amides is 1. The number of halogens is 3. The molecule has 2 aliphatic heterocycles. The van der Waals surface area contributed by atoms with E-state index in [-0.39, 0.29) is 41.7 Å². The molecule has 6 rings (SSSR count). The number of benzene rings is 1. The zero-order chi connectivity index (χ0) is 30.5. The normalized spacial score (nSPS) is 24.9. The molecule has 1 aromatic carbocycles. The Morgan fingerprint density at radius 2 is 1.81 bits per heavy atom. The summed E-state index contributed by atoms with van der Waals surface area (Å²) in [6.45, 7) is 6.72. The first kappa shape index (κ1) is 30.1. The van der Waals surface area contributed by atoms with Crippen LogP contribution in [0.15, 0.2) is 12.1 Å². The number of carbonyl (C=O) groups excluding carboxylic acids is 2. The number of rotatable bonds is 8. The monoisotopic (exact) mass is 602 g/mol. The van der Waals surface area contributed by atoms with E-state index in [1.165, 1.54) is 6.07 Å². The number of Topliss-reactive ketones (excluding diaryl/α,β-unsaturated/α-hetero) is 1. The van der Waals surface area contributed by atoms with Crippen molar-refractivity contribution in [2.24, 2.45) is 11.1 Å². The van der Waals surface area contributed by atoms with Crippen molar-refractivity contribution < 1.29 is 32.2 Å². The number of nitrogens with one attached hydrogen (secondary N) is 1. The van der Waals surface area contributed by atoms with E-state index in [0.717, 1.165) is 42.6 Å². The van der Waals surface area contributed by atoms with Crippen molar-refractivity contribution in [1.29, 1.82) is 0 Å². The van der Waals surface area contributed by atoms with Crippen LogP contribution < -0.4 is 11.1 Å². The molecule has 1 saturated heterocycles. The van der Waals surface area contributed by atoms with Gasteiger partial charge in [0.25, 0.3) is 11.8 Å². The summed E-state index contributed by atoms with van der Waals surface area (Å²) >= 11 is 0. The van der Waals surface area contributed by atoms with Gasteiger partial charge in [0, 0.05) is 61.8 Å². The lowest BCUT2D eigenvalue weighted by Gasteiger charge is -2.33. The summed E-state index contributed by atoms with van der Waals surface area (Å²) in [6.07, 6.45) is 4.08. The second kappa shape index (κ2) is 11.6. The number of amides is 1.